The minimum Gasteiger partial charge on any atom is -0.494 e. The Kier molecular flexibility index (Phi) is 9.71. The molecule has 0 radical (unpaired) electrons. The van der Waals surface area contributed by atoms with Crippen LogP contribution < -0.4 is 24.4 Å². The second kappa shape index (κ2) is 13.7. The lowest BCUT2D eigenvalue weighted by molar-refractivity contribution is -0.384. The summed E-state index contributed by atoms with van der Waals surface area (Å²) < 4.78 is 18.8. The second-order valence-corrected chi connectivity index (χ2v) is 11.7. The maximum atomic E-state index is 14.1. The van der Waals surface area contributed by atoms with Gasteiger partial charge in [-0.1, -0.05) is 46.7 Å². The van der Waals surface area contributed by atoms with Gasteiger partial charge in [-0.25, -0.2) is 9.79 Å². The van der Waals surface area contributed by atoms with E-state index in [1.807, 2.05) is 19.1 Å². The third kappa shape index (κ3) is 6.80. The number of thiazole rings is 1. The molecule has 13 heteroatoms. The number of fused-ring (bicyclic) bond motifs is 1. The molecule has 10 nitrogen and oxygen atoms in total. The Morgan fingerprint density at radius 2 is 1.78 bits per heavy atom. The number of nitro benzene ring substituents is 1. The quantitative estimate of drug-likeness (QED) is 0.116. The molecule has 2 heterocycles. The Morgan fingerprint density at radius 3 is 2.42 bits per heavy atom. The summed E-state index contributed by atoms with van der Waals surface area (Å²) in [4.78, 5) is 42.8. The Morgan fingerprint density at radius 1 is 1.07 bits per heavy atom. The summed E-state index contributed by atoms with van der Waals surface area (Å²) >= 11 is 14.0. The molecule has 0 saturated carbocycles. The smallest absolute Gasteiger partial charge is 0.338 e. The number of ether oxygens (including phenoxy) is 3. The molecule has 232 valence electrons. The van der Waals surface area contributed by atoms with Crippen LogP contribution >= 0.6 is 34.5 Å². The lowest BCUT2D eigenvalue weighted by atomic mass is 9.96. The van der Waals surface area contributed by atoms with Crippen molar-refractivity contribution in [1.29, 1.82) is 0 Å². The second-order valence-electron chi connectivity index (χ2n) is 9.82. The first-order chi connectivity index (χ1) is 21.6. The van der Waals surface area contributed by atoms with Gasteiger partial charge >= 0.3 is 5.97 Å². The van der Waals surface area contributed by atoms with Crippen molar-refractivity contribution in [2.24, 2.45) is 4.99 Å². The van der Waals surface area contributed by atoms with Crippen molar-refractivity contribution in [3.63, 3.8) is 0 Å². The SMILES string of the molecule is CCOC(=O)C1=C(C)N=c2s/c(=C\c3cc(Cl)cc(Cl)c3OCc3ccc([N+](=O)[O-])cc3)c(=O)n2[C@H]1c1ccc(OCC)cc1. The number of esters is 1. The normalized spacial score (nSPS) is 14.5. The van der Waals surface area contributed by atoms with Crippen LogP contribution in [-0.4, -0.2) is 28.7 Å². The Labute approximate surface area is 271 Å². The minimum absolute atomic E-state index is 0.0377. The first-order valence-corrected chi connectivity index (χ1v) is 15.5. The van der Waals surface area contributed by atoms with Crippen molar-refractivity contribution < 1.29 is 23.9 Å². The number of nitrogens with zero attached hydrogens (tertiary/aromatic N) is 3. The van der Waals surface area contributed by atoms with E-state index in [1.165, 1.54) is 22.8 Å². The first kappa shape index (κ1) is 32.0. The third-order valence-electron chi connectivity index (χ3n) is 6.88. The first-order valence-electron chi connectivity index (χ1n) is 13.9. The fourth-order valence-corrected chi connectivity index (χ4v) is 6.47. The zero-order valence-corrected chi connectivity index (χ0v) is 26.7. The number of nitro groups is 1. The molecule has 0 unspecified atom stereocenters. The fraction of sp³-hybridized carbons (Fsp3) is 0.219. The van der Waals surface area contributed by atoms with Crippen molar-refractivity contribution in [2.45, 2.75) is 33.4 Å². The molecule has 0 aliphatic carbocycles. The zero-order valence-electron chi connectivity index (χ0n) is 24.4. The summed E-state index contributed by atoms with van der Waals surface area (Å²) in [5.41, 5.74) is 2.08. The number of rotatable bonds is 10. The van der Waals surface area contributed by atoms with E-state index in [-0.39, 0.29) is 40.8 Å². The molecule has 0 fully saturated rings. The molecule has 0 bridgehead atoms. The van der Waals surface area contributed by atoms with Gasteiger partial charge in [0.1, 0.15) is 18.1 Å². The van der Waals surface area contributed by atoms with E-state index in [9.17, 15) is 19.7 Å². The predicted molar refractivity (Wildman–Crippen MR) is 172 cm³/mol. The summed E-state index contributed by atoms with van der Waals surface area (Å²) in [6.45, 7) is 6.03. The van der Waals surface area contributed by atoms with Crippen LogP contribution in [0.4, 0.5) is 5.69 Å². The molecule has 45 heavy (non-hydrogen) atoms. The molecule has 4 aromatic rings. The van der Waals surface area contributed by atoms with Crippen LogP contribution in [0.2, 0.25) is 10.0 Å². The number of hydrogen-bond acceptors (Lipinski definition) is 9. The highest BCUT2D eigenvalue weighted by Crippen LogP contribution is 2.34. The lowest BCUT2D eigenvalue weighted by Gasteiger charge is -2.24. The van der Waals surface area contributed by atoms with Crippen molar-refractivity contribution in [3.05, 3.63) is 128 Å². The molecule has 1 aliphatic rings. The van der Waals surface area contributed by atoms with E-state index in [1.54, 1.807) is 50.3 Å². The summed E-state index contributed by atoms with van der Waals surface area (Å²) in [5.74, 6) is 0.373. The van der Waals surface area contributed by atoms with Gasteiger partial charge in [-0.2, -0.15) is 0 Å². The van der Waals surface area contributed by atoms with Gasteiger partial charge in [0, 0.05) is 22.7 Å². The van der Waals surface area contributed by atoms with Crippen molar-refractivity contribution in [2.75, 3.05) is 13.2 Å². The number of carbonyl (C=O) groups excluding carboxylic acids is 1. The summed E-state index contributed by atoms with van der Waals surface area (Å²) in [7, 11) is 0. The molecular formula is C32H27Cl2N3O7S. The van der Waals surface area contributed by atoms with Crippen LogP contribution in [0.3, 0.4) is 0 Å². The maximum Gasteiger partial charge on any atom is 0.338 e. The van der Waals surface area contributed by atoms with Gasteiger partial charge in [0.15, 0.2) is 4.80 Å². The highest BCUT2D eigenvalue weighted by Gasteiger charge is 2.33. The van der Waals surface area contributed by atoms with E-state index >= 15 is 0 Å². The predicted octanol–water partition coefficient (Wildman–Crippen LogP) is 5.99. The molecule has 1 aliphatic heterocycles. The molecule has 0 N–H and O–H groups in total. The highest BCUT2D eigenvalue weighted by atomic mass is 35.5. The van der Waals surface area contributed by atoms with Gasteiger partial charge < -0.3 is 14.2 Å². The van der Waals surface area contributed by atoms with Gasteiger partial charge in [-0.15, -0.1) is 0 Å². The monoisotopic (exact) mass is 667 g/mol. The van der Waals surface area contributed by atoms with Crippen LogP contribution in [0.1, 0.15) is 43.5 Å². The molecule has 0 saturated heterocycles. The molecular weight excluding hydrogens is 641 g/mol. The van der Waals surface area contributed by atoms with E-state index in [2.05, 4.69) is 4.99 Å². The van der Waals surface area contributed by atoms with E-state index in [4.69, 9.17) is 37.4 Å². The number of non-ortho nitro benzene ring substituents is 1. The number of aromatic nitrogens is 1. The van der Waals surface area contributed by atoms with Crippen LogP contribution in [-0.2, 0) is 16.1 Å². The number of halogens is 2. The molecule has 3 aromatic carbocycles. The van der Waals surface area contributed by atoms with E-state index in [0.717, 1.165) is 11.3 Å². The Balaban J connectivity index is 1.60. The summed E-state index contributed by atoms with van der Waals surface area (Å²) in [6, 6.07) is 15.5. The van der Waals surface area contributed by atoms with Gasteiger partial charge in [-0.3, -0.25) is 19.5 Å². The number of allylic oxidation sites excluding steroid dienone is 1. The van der Waals surface area contributed by atoms with Crippen LogP contribution in [0.25, 0.3) is 6.08 Å². The van der Waals surface area contributed by atoms with Crippen LogP contribution in [0, 0.1) is 10.1 Å². The molecule has 5 rings (SSSR count). The highest BCUT2D eigenvalue weighted by molar-refractivity contribution is 7.07. The largest absolute Gasteiger partial charge is 0.494 e. The average Bonchev–Trinajstić information content (AvgIpc) is 3.30. The van der Waals surface area contributed by atoms with Crippen molar-refractivity contribution in [3.8, 4) is 11.5 Å². The van der Waals surface area contributed by atoms with Crippen molar-refractivity contribution in [1.82, 2.24) is 4.57 Å². The lowest BCUT2D eigenvalue weighted by Crippen LogP contribution is -2.39. The van der Waals surface area contributed by atoms with Gasteiger partial charge in [-0.05, 0) is 74.4 Å². The minimum atomic E-state index is -0.793. The fourth-order valence-electron chi connectivity index (χ4n) is 4.87. The average molecular weight is 669 g/mol. The maximum absolute atomic E-state index is 14.1. The van der Waals surface area contributed by atoms with Crippen LogP contribution in [0.15, 0.2) is 81.7 Å². The molecule has 0 amide bonds. The van der Waals surface area contributed by atoms with Crippen molar-refractivity contribution >= 4 is 52.3 Å². The van der Waals surface area contributed by atoms with E-state index < -0.39 is 16.9 Å². The topological polar surface area (TPSA) is 122 Å². The number of carbonyl (C=O) groups is 1. The number of benzene rings is 3. The van der Waals surface area contributed by atoms with Gasteiger partial charge in [0.25, 0.3) is 11.2 Å². The standard InChI is InChI=1S/C32H27Cl2N3O7S/c1-4-42-24-12-8-20(9-13-24)28-27(31(39)43-5-2)18(3)35-32-36(28)30(38)26(45-32)15-21-14-22(33)16-25(34)29(21)44-17-19-6-10-23(11-7-19)37(40)41/h6-16,28H,4-5,17H2,1-3H3/b26-15-/t28-/m0/s1. The number of hydrogen-bond donors (Lipinski definition) is 0. The van der Waals surface area contributed by atoms with E-state index in [0.29, 0.717) is 49.1 Å². The Bertz CT molecular complexity index is 1980. The molecule has 0 spiro atoms. The van der Waals surface area contributed by atoms with Gasteiger partial charge in [0.2, 0.25) is 0 Å². The zero-order chi connectivity index (χ0) is 32.2. The third-order valence-corrected chi connectivity index (χ3v) is 8.36. The molecule has 1 atom stereocenters. The van der Waals surface area contributed by atoms with Gasteiger partial charge in [0.05, 0.1) is 45.0 Å². The summed E-state index contributed by atoms with van der Waals surface area (Å²) in [6.07, 6.45) is 1.62. The van der Waals surface area contributed by atoms with Crippen LogP contribution in [0.5, 0.6) is 11.5 Å². The molecule has 1 aromatic heterocycles. The summed E-state index contributed by atoms with van der Waals surface area (Å²) in [5, 5.41) is 11.5. The Hall–Kier alpha value is -4.45.